The summed E-state index contributed by atoms with van der Waals surface area (Å²) in [5, 5.41) is 8.62. The van der Waals surface area contributed by atoms with Crippen LogP contribution in [0.1, 0.15) is 13.3 Å². The summed E-state index contributed by atoms with van der Waals surface area (Å²) in [6, 6.07) is 0. The molecular weight excluding hydrogens is 174 g/mol. The summed E-state index contributed by atoms with van der Waals surface area (Å²) >= 11 is 5.49. The fourth-order valence-corrected chi connectivity index (χ4v) is 1.09. The Hall–Kier alpha value is -0.0500. The van der Waals surface area contributed by atoms with Gasteiger partial charge in [0.25, 0.3) is 0 Å². The van der Waals surface area contributed by atoms with Crippen molar-refractivity contribution in [3.63, 3.8) is 0 Å². The van der Waals surface area contributed by atoms with Gasteiger partial charge < -0.3 is 5.11 Å². The van der Waals surface area contributed by atoms with Gasteiger partial charge in [0.2, 0.25) is 0 Å². The van der Waals surface area contributed by atoms with Crippen LogP contribution in [0.2, 0.25) is 0 Å². The van der Waals surface area contributed by atoms with E-state index in [0.717, 1.165) is 26.1 Å². The second-order valence-corrected chi connectivity index (χ2v) is 2.90. The predicted molar refractivity (Wildman–Crippen MR) is 53.7 cm³/mol. The zero-order valence-electron chi connectivity index (χ0n) is 7.67. The van der Waals surface area contributed by atoms with E-state index in [1.165, 1.54) is 0 Å². The first kappa shape index (κ1) is 11.9. The Morgan fingerprint density at radius 1 is 1.42 bits per heavy atom. The highest BCUT2D eigenvalue weighted by atomic mass is 35.5. The molecular formula is C9H18ClNO. The van der Waals surface area contributed by atoms with Gasteiger partial charge in [0.15, 0.2) is 0 Å². The number of nitrogens with zero attached hydrogens (tertiary/aromatic N) is 1. The summed E-state index contributed by atoms with van der Waals surface area (Å²) in [4.78, 5) is 2.26. The number of likely N-dealkylation sites (N-methyl/N-ethyl adjacent to an activating group) is 1. The molecule has 12 heavy (non-hydrogen) atoms. The van der Waals surface area contributed by atoms with Crippen LogP contribution in [0.25, 0.3) is 0 Å². The lowest BCUT2D eigenvalue weighted by molar-refractivity contribution is 0.242. The van der Waals surface area contributed by atoms with Crippen LogP contribution in [0.3, 0.4) is 0 Å². The molecule has 0 aliphatic heterocycles. The molecule has 0 saturated heterocycles. The van der Waals surface area contributed by atoms with Crippen LogP contribution >= 0.6 is 11.6 Å². The van der Waals surface area contributed by atoms with Gasteiger partial charge in [0.05, 0.1) is 0 Å². The van der Waals surface area contributed by atoms with Crippen molar-refractivity contribution in [3.05, 3.63) is 12.2 Å². The van der Waals surface area contributed by atoms with E-state index in [9.17, 15) is 0 Å². The Morgan fingerprint density at radius 3 is 2.67 bits per heavy atom. The molecule has 2 nitrogen and oxygen atoms in total. The van der Waals surface area contributed by atoms with Gasteiger partial charge in [-0.15, -0.1) is 11.6 Å². The van der Waals surface area contributed by atoms with Crippen molar-refractivity contribution in [1.82, 2.24) is 4.90 Å². The molecule has 0 aromatic rings. The predicted octanol–water partition coefficient (Wildman–Crippen LogP) is 1.49. The molecule has 0 aliphatic carbocycles. The Morgan fingerprint density at radius 2 is 2.17 bits per heavy atom. The number of alkyl halides is 1. The minimum Gasteiger partial charge on any atom is -0.396 e. The molecule has 0 radical (unpaired) electrons. The lowest BCUT2D eigenvalue weighted by atomic mass is 10.3. The van der Waals surface area contributed by atoms with E-state index in [4.69, 9.17) is 16.7 Å². The van der Waals surface area contributed by atoms with Crippen molar-refractivity contribution < 1.29 is 5.11 Å². The quantitative estimate of drug-likeness (QED) is 0.487. The molecule has 1 N–H and O–H groups in total. The Bertz CT molecular complexity index is 117. The number of rotatable bonds is 7. The highest BCUT2D eigenvalue weighted by molar-refractivity contribution is 6.18. The van der Waals surface area contributed by atoms with Crippen LogP contribution in [0, 0.1) is 0 Å². The van der Waals surface area contributed by atoms with E-state index in [1.54, 1.807) is 0 Å². The van der Waals surface area contributed by atoms with E-state index in [0.29, 0.717) is 5.88 Å². The topological polar surface area (TPSA) is 23.5 Å². The molecule has 0 bridgehead atoms. The van der Waals surface area contributed by atoms with Crippen LogP contribution in [-0.2, 0) is 0 Å². The Balaban J connectivity index is 3.45. The number of hydrogen-bond donors (Lipinski definition) is 1. The van der Waals surface area contributed by atoms with Gasteiger partial charge in [0.1, 0.15) is 0 Å². The highest BCUT2D eigenvalue weighted by Gasteiger charge is 1.97. The molecule has 0 aliphatic rings. The molecule has 0 rings (SSSR count). The molecule has 0 atom stereocenters. The Labute approximate surface area is 79.8 Å². The van der Waals surface area contributed by atoms with Crippen molar-refractivity contribution in [1.29, 1.82) is 0 Å². The molecule has 0 aromatic carbocycles. The van der Waals surface area contributed by atoms with Crippen LogP contribution < -0.4 is 0 Å². The van der Waals surface area contributed by atoms with Gasteiger partial charge in [-0.25, -0.2) is 0 Å². The fourth-order valence-electron chi connectivity index (χ4n) is 0.959. The summed E-state index contributed by atoms with van der Waals surface area (Å²) in [5.41, 5.74) is 0. The molecule has 0 fully saturated rings. The second-order valence-electron chi connectivity index (χ2n) is 2.60. The molecule has 0 aromatic heterocycles. The first-order valence-corrected chi connectivity index (χ1v) is 4.92. The molecule has 0 unspecified atom stereocenters. The van der Waals surface area contributed by atoms with Crippen molar-refractivity contribution in [2.75, 3.05) is 32.1 Å². The van der Waals surface area contributed by atoms with Gasteiger partial charge in [-0.2, -0.15) is 0 Å². The summed E-state index contributed by atoms with van der Waals surface area (Å²) in [6.07, 6.45) is 4.86. The van der Waals surface area contributed by atoms with Gasteiger partial charge in [-0.1, -0.05) is 19.1 Å². The lowest BCUT2D eigenvalue weighted by Gasteiger charge is -2.17. The minimum absolute atomic E-state index is 0.274. The van der Waals surface area contributed by atoms with Gasteiger partial charge >= 0.3 is 0 Å². The van der Waals surface area contributed by atoms with E-state index in [2.05, 4.69) is 17.9 Å². The summed E-state index contributed by atoms with van der Waals surface area (Å²) in [5.74, 6) is 0.581. The monoisotopic (exact) mass is 191 g/mol. The third-order valence-corrected chi connectivity index (χ3v) is 1.88. The molecule has 3 heteroatoms. The molecule has 0 heterocycles. The van der Waals surface area contributed by atoms with Crippen molar-refractivity contribution >= 4 is 11.6 Å². The van der Waals surface area contributed by atoms with Crippen LogP contribution in [0.4, 0.5) is 0 Å². The lowest BCUT2D eigenvalue weighted by Crippen LogP contribution is -2.25. The summed E-state index contributed by atoms with van der Waals surface area (Å²) < 4.78 is 0. The third-order valence-electron chi connectivity index (χ3n) is 1.70. The van der Waals surface area contributed by atoms with Crippen molar-refractivity contribution in [3.8, 4) is 0 Å². The molecule has 0 amide bonds. The van der Waals surface area contributed by atoms with Crippen molar-refractivity contribution in [2.45, 2.75) is 13.3 Å². The van der Waals surface area contributed by atoms with Crippen LogP contribution in [0.15, 0.2) is 12.2 Å². The van der Waals surface area contributed by atoms with Gasteiger partial charge in [-0.05, 0) is 13.0 Å². The molecule has 0 saturated carbocycles. The van der Waals surface area contributed by atoms with Crippen molar-refractivity contribution in [2.24, 2.45) is 0 Å². The summed E-state index contributed by atoms with van der Waals surface area (Å²) in [7, 11) is 0. The fraction of sp³-hybridized carbons (Fsp3) is 0.778. The normalized spacial score (nSPS) is 11.7. The minimum atomic E-state index is 0.274. The average molecular weight is 192 g/mol. The van der Waals surface area contributed by atoms with E-state index < -0.39 is 0 Å². The van der Waals surface area contributed by atoms with E-state index >= 15 is 0 Å². The SMILES string of the molecule is CCN(C/C=C/CCl)CCCO. The maximum Gasteiger partial charge on any atom is 0.0443 e. The maximum absolute atomic E-state index is 8.62. The van der Waals surface area contributed by atoms with E-state index in [-0.39, 0.29) is 6.61 Å². The zero-order chi connectivity index (χ0) is 9.23. The second kappa shape index (κ2) is 9.04. The highest BCUT2D eigenvalue weighted by Crippen LogP contribution is 1.91. The first-order valence-electron chi connectivity index (χ1n) is 4.39. The smallest absolute Gasteiger partial charge is 0.0443 e. The zero-order valence-corrected chi connectivity index (χ0v) is 8.43. The number of halogens is 1. The number of hydrogen-bond acceptors (Lipinski definition) is 2. The van der Waals surface area contributed by atoms with Gasteiger partial charge in [0, 0.05) is 25.6 Å². The molecule has 0 spiro atoms. The third kappa shape index (κ3) is 6.65. The van der Waals surface area contributed by atoms with E-state index in [1.807, 2.05) is 6.08 Å². The number of aliphatic hydroxyl groups excluding tert-OH is 1. The van der Waals surface area contributed by atoms with Crippen LogP contribution in [0.5, 0.6) is 0 Å². The summed E-state index contributed by atoms with van der Waals surface area (Å²) in [6.45, 7) is 5.30. The Kier molecular flexibility index (Phi) is 9.00. The largest absolute Gasteiger partial charge is 0.396 e. The average Bonchev–Trinajstić information content (AvgIpc) is 2.11. The first-order chi connectivity index (χ1) is 5.85. The standard InChI is InChI=1S/C9H18ClNO/c1-2-11(8-5-9-12)7-4-3-6-10/h3-4,12H,2,5-9H2,1H3/b4-3+. The number of aliphatic hydroxyl groups is 1. The van der Waals surface area contributed by atoms with Crippen LogP contribution in [-0.4, -0.2) is 42.1 Å². The molecule has 72 valence electrons. The maximum atomic E-state index is 8.62. The number of allylic oxidation sites excluding steroid dienone is 1. The van der Waals surface area contributed by atoms with Gasteiger partial charge in [-0.3, -0.25) is 4.90 Å².